The molecular formula is C10H22N2O. The molecule has 3 nitrogen and oxygen atoms in total. The monoisotopic (exact) mass is 186 g/mol. The molecule has 0 aromatic heterocycles. The highest BCUT2D eigenvalue weighted by Gasteiger charge is 2.15. The van der Waals surface area contributed by atoms with E-state index in [0.29, 0.717) is 6.02 Å². The van der Waals surface area contributed by atoms with Crippen LogP contribution in [0.5, 0.6) is 0 Å². The fourth-order valence-corrected chi connectivity index (χ4v) is 0.750. The molecule has 0 aliphatic heterocycles. The number of nitrogens with one attached hydrogen (secondary N) is 1. The summed E-state index contributed by atoms with van der Waals surface area (Å²) in [5, 5.41) is 3.19. The Bertz CT molecular complexity index is 184. The van der Waals surface area contributed by atoms with Crippen LogP contribution in [0.2, 0.25) is 0 Å². The molecule has 0 bridgehead atoms. The van der Waals surface area contributed by atoms with Crippen LogP contribution >= 0.6 is 0 Å². The number of nitrogens with zero attached hydrogens (tertiary/aromatic N) is 1. The summed E-state index contributed by atoms with van der Waals surface area (Å²) in [5.74, 6) is 0. The van der Waals surface area contributed by atoms with E-state index in [9.17, 15) is 0 Å². The molecule has 13 heavy (non-hydrogen) atoms. The molecule has 0 heterocycles. The van der Waals surface area contributed by atoms with E-state index < -0.39 is 0 Å². The minimum atomic E-state index is -0.108. The Kier molecular flexibility index (Phi) is 3.76. The average Bonchev–Trinajstić information content (AvgIpc) is 1.79. The highest BCUT2D eigenvalue weighted by molar-refractivity contribution is 5.74. The van der Waals surface area contributed by atoms with Gasteiger partial charge in [0.2, 0.25) is 0 Å². The van der Waals surface area contributed by atoms with Gasteiger partial charge in [0.25, 0.3) is 6.02 Å². The van der Waals surface area contributed by atoms with Gasteiger partial charge < -0.3 is 10.1 Å². The van der Waals surface area contributed by atoms with Crippen LogP contribution < -0.4 is 5.32 Å². The van der Waals surface area contributed by atoms with E-state index >= 15 is 0 Å². The fourth-order valence-electron chi connectivity index (χ4n) is 0.750. The van der Waals surface area contributed by atoms with E-state index in [2.05, 4.69) is 31.1 Å². The second-order valence-electron chi connectivity index (χ2n) is 5.17. The largest absolute Gasteiger partial charge is 0.469 e. The predicted molar refractivity (Wildman–Crippen MR) is 57.1 cm³/mol. The average molecular weight is 186 g/mol. The van der Waals surface area contributed by atoms with Gasteiger partial charge in [0.1, 0.15) is 0 Å². The molecule has 78 valence electrons. The fraction of sp³-hybridized carbons (Fsp3) is 0.900. The van der Waals surface area contributed by atoms with Gasteiger partial charge in [-0.2, -0.15) is 0 Å². The zero-order chi connectivity index (χ0) is 10.7. The molecule has 0 aliphatic carbocycles. The quantitative estimate of drug-likeness (QED) is 0.464. The zero-order valence-corrected chi connectivity index (χ0v) is 9.86. The number of rotatable bonds is 0. The molecule has 0 radical (unpaired) electrons. The van der Waals surface area contributed by atoms with Gasteiger partial charge in [-0.1, -0.05) is 0 Å². The van der Waals surface area contributed by atoms with Crippen LogP contribution in [-0.2, 0) is 4.74 Å². The van der Waals surface area contributed by atoms with Crippen molar-refractivity contribution < 1.29 is 4.74 Å². The van der Waals surface area contributed by atoms with Gasteiger partial charge in [0.05, 0.1) is 12.6 Å². The lowest BCUT2D eigenvalue weighted by Crippen LogP contribution is -2.42. The van der Waals surface area contributed by atoms with Crippen LogP contribution in [0.3, 0.4) is 0 Å². The lowest BCUT2D eigenvalue weighted by Gasteiger charge is -2.24. The maximum absolute atomic E-state index is 5.14. The van der Waals surface area contributed by atoms with Crippen molar-refractivity contribution in [3.63, 3.8) is 0 Å². The lowest BCUT2D eigenvalue weighted by molar-refractivity contribution is 0.341. The Morgan fingerprint density at radius 3 is 1.77 bits per heavy atom. The molecule has 0 aromatic carbocycles. The summed E-state index contributed by atoms with van der Waals surface area (Å²) in [6, 6.07) is 0.597. The third-order valence-electron chi connectivity index (χ3n) is 1.11. The molecule has 0 fully saturated rings. The molecule has 0 saturated carbocycles. The molecule has 0 amide bonds. The van der Waals surface area contributed by atoms with Crippen molar-refractivity contribution in [3.8, 4) is 0 Å². The van der Waals surface area contributed by atoms with E-state index in [0.717, 1.165) is 0 Å². The van der Waals surface area contributed by atoms with E-state index in [-0.39, 0.29) is 11.1 Å². The lowest BCUT2D eigenvalue weighted by atomic mass is 10.1. The minimum Gasteiger partial charge on any atom is -0.469 e. The smallest absolute Gasteiger partial charge is 0.285 e. The Morgan fingerprint density at radius 1 is 1.08 bits per heavy atom. The van der Waals surface area contributed by atoms with Crippen LogP contribution in [0.25, 0.3) is 0 Å². The van der Waals surface area contributed by atoms with Gasteiger partial charge in [-0.25, -0.2) is 4.99 Å². The number of amidine groups is 1. The second kappa shape index (κ2) is 3.99. The Labute approximate surface area is 81.6 Å². The van der Waals surface area contributed by atoms with Crippen molar-refractivity contribution in [3.05, 3.63) is 0 Å². The first-order chi connectivity index (χ1) is 5.64. The van der Waals surface area contributed by atoms with Gasteiger partial charge in [0, 0.05) is 5.54 Å². The third kappa shape index (κ3) is 7.62. The number of hydrogen-bond acceptors (Lipinski definition) is 2. The number of ether oxygens (including phenoxy) is 1. The zero-order valence-electron chi connectivity index (χ0n) is 9.86. The maximum atomic E-state index is 5.14. The normalized spacial score (nSPS) is 14.2. The van der Waals surface area contributed by atoms with E-state index in [4.69, 9.17) is 4.74 Å². The van der Waals surface area contributed by atoms with Crippen molar-refractivity contribution in [2.45, 2.75) is 52.6 Å². The summed E-state index contributed by atoms with van der Waals surface area (Å²) >= 11 is 0. The van der Waals surface area contributed by atoms with Crippen LogP contribution in [0.1, 0.15) is 41.5 Å². The van der Waals surface area contributed by atoms with Gasteiger partial charge >= 0.3 is 0 Å². The van der Waals surface area contributed by atoms with Crippen molar-refractivity contribution in [2.75, 3.05) is 7.11 Å². The van der Waals surface area contributed by atoms with Crippen LogP contribution in [-0.4, -0.2) is 24.2 Å². The summed E-state index contributed by atoms with van der Waals surface area (Å²) in [7, 11) is 1.63. The summed E-state index contributed by atoms with van der Waals surface area (Å²) in [4.78, 5) is 4.40. The van der Waals surface area contributed by atoms with Gasteiger partial charge in [-0.05, 0) is 41.5 Å². The molecule has 0 rings (SSSR count). The highest BCUT2D eigenvalue weighted by Crippen LogP contribution is 2.08. The molecule has 0 atom stereocenters. The van der Waals surface area contributed by atoms with Crippen molar-refractivity contribution in [1.29, 1.82) is 0 Å². The molecule has 1 N–H and O–H groups in total. The number of aliphatic imine (C=N–C) groups is 1. The summed E-state index contributed by atoms with van der Waals surface area (Å²) in [5.41, 5.74) is -0.121. The van der Waals surface area contributed by atoms with Crippen molar-refractivity contribution >= 4 is 6.02 Å². The second-order valence-corrected chi connectivity index (χ2v) is 5.17. The van der Waals surface area contributed by atoms with Gasteiger partial charge in [0.15, 0.2) is 0 Å². The molecular weight excluding hydrogens is 164 g/mol. The first kappa shape index (κ1) is 12.3. The van der Waals surface area contributed by atoms with Gasteiger partial charge in [-0.15, -0.1) is 0 Å². The van der Waals surface area contributed by atoms with Gasteiger partial charge in [-0.3, -0.25) is 0 Å². The Morgan fingerprint density at radius 2 is 1.54 bits per heavy atom. The first-order valence-corrected chi connectivity index (χ1v) is 4.56. The Hall–Kier alpha value is -0.730. The van der Waals surface area contributed by atoms with Crippen molar-refractivity contribution in [1.82, 2.24) is 5.32 Å². The molecule has 0 spiro atoms. The Balaban J connectivity index is 4.45. The maximum Gasteiger partial charge on any atom is 0.285 e. The van der Waals surface area contributed by atoms with E-state index in [1.807, 2.05) is 20.8 Å². The third-order valence-corrected chi connectivity index (χ3v) is 1.11. The summed E-state index contributed by atoms with van der Waals surface area (Å²) < 4.78 is 5.14. The topological polar surface area (TPSA) is 33.6 Å². The van der Waals surface area contributed by atoms with Crippen molar-refractivity contribution in [2.24, 2.45) is 4.99 Å². The molecule has 3 heteroatoms. The highest BCUT2D eigenvalue weighted by atomic mass is 16.5. The summed E-state index contributed by atoms with van der Waals surface area (Å²) in [6.07, 6.45) is 0. The first-order valence-electron chi connectivity index (χ1n) is 4.56. The van der Waals surface area contributed by atoms with Crippen LogP contribution in [0.15, 0.2) is 4.99 Å². The predicted octanol–water partition coefficient (Wildman–Crippen LogP) is 2.18. The van der Waals surface area contributed by atoms with Crippen LogP contribution in [0.4, 0.5) is 0 Å². The minimum absolute atomic E-state index is 0.0138. The molecule has 0 aromatic rings. The number of hydrogen-bond donors (Lipinski definition) is 1. The van der Waals surface area contributed by atoms with E-state index in [1.165, 1.54) is 0 Å². The molecule has 0 unspecified atom stereocenters. The molecule has 0 aliphatic rings. The number of methoxy groups -OCH3 is 1. The van der Waals surface area contributed by atoms with E-state index in [1.54, 1.807) is 7.11 Å². The van der Waals surface area contributed by atoms with Crippen LogP contribution in [0, 0.1) is 0 Å². The summed E-state index contributed by atoms with van der Waals surface area (Å²) in [6.45, 7) is 12.3. The SMILES string of the molecule is COC(=NC(C)(C)C)NC(C)(C)C. The standard InChI is InChI=1S/C10H22N2O/c1-9(2,3)11-8(13-7)12-10(4,5)6/h1-7H3,(H,11,12). The molecule has 0 saturated heterocycles.